The molecule has 0 spiro atoms. The molecule has 1 radical (unpaired) electrons. The number of hydrogen-bond acceptors (Lipinski definition) is 2. The minimum atomic E-state index is -5.42. The van der Waals surface area contributed by atoms with Gasteiger partial charge in [-0.25, -0.2) is 0 Å². The third-order valence-electron chi connectivity index (χ3n) is 0.838. The van der Waals surface area contributed by atoms with Crippen molar-refractivity contribution in [1.82, 2.24) is 0 Å². The molecule has 0 rings (SSSR count). The van der Waals surface area contributed by atoms with Crippen LogP contribution in [-0.4, -0.2) is 23.2 Å². The SMILES string of the molecule is O=C(/C=C(\O)C(F)(F)F)C(F)(F)F.[Nb]. The third-order valence-corrected chi connectivity index (χ3v) is 0.838. The predicted molar refractivity (Wildman–Crippen MR) is 27.8 cm³/mol. The zero-order valence-electron chi connectivity index (χ0n) is 6.15. The van der Waals surface area contributed by atoms with Gasteiger partial charge in [-0.2, -0.15) is 26.3 Å². The average Bonchev–Trinajstić information content (AvgIpc) is 1.82. The van der Waals surface area contributed by atoms with Crippen LogP contribution in [0.25, 0.3) is 0 Å². The van der Waals surface area contributed by atoms with Gasteiger partial charge >= 0.3 is 12.4 Å². The summed E-state index contributed by atoms with van der Waals surface area (Å²) in [7, 11) is 0. The molecule has 0 aliphatic heterocycles. The van der Waals surface area contributed by atoms with E-state index in [-0.39, 0.29) is 22.4 Å². The Labute approximate surface area is 89.1 Å². The Hall–Kier alpha value is -0.470. The van der Waals surface area contributed by atoms with Crippen LogP contribution < -0.4 is 0 Å². The number of hydrogen-bond donors (Lipinski definition) is 1. The van der Waals surface area contributed by atoms with Gasteiger partial charge < -0.3 is 5.11 Å². The number of carbonyl (C=O) groups excluding carboxylic acids is 1. The second-order valence-electron chi connectivity index (χ2n) is 1.89. The maximum absolute atomic E-state index is 11.4. The molecule has 0 amide bonds. The van der Waals surface area contributed by atoms with Gasteiger partial charge in [0, 0.05) is 28.5 Å². The van der Waals surface area contributed by atoms with E-state index in [1.807, 2.05) is 0 Å². The predicted octanol–water partition coefficient (Wildman–Crippen LogP) is 2.12. The summed E-state index contributed by atoms with van der Waals surface area (Å²) in [6.07, 6.45) is -11.7. The van der Waals surface area contributed by atoms with Crippen molar-refractivity contribution >= 4 is 5.78 Å². The molecule has 81 valence electrons. The molecule has 0 fully saturated rings. The van der Waals surface area contributed by atoms with Crippen LogP contribution in [0.5, 0.6) is 0 Å². The smallest absolute Gasteiger partial charge is 0.454 e. The molecule has 0 unspecified atom stereocenters. The second kappa shape index (κ2) is 4.85. The first-order chi connectivity index (χ1) is 5.55. The molecule has 14 heavy (non-hydrogen) atoms. The van der Waals surface area contributed by atoms with Crippen molar-refractivity contribution in [1.29, 1.82) is 0 Å². The van der Waals surface area contributed by atoms with E-state index in [2.05, 4.69) is 0 Å². The summed E-state index contributed by atoms with van der Waals surface area (Å²) in [5, 5.41) is 7.93. The van der Waals surface area contributed by atoms with E-state index < -0.39 is 30.0 Å². The van der Waals surface area contributed by atoms with Gasteiger partial charge in [-0.15, -0.1) is 0 Å². The molecule has 0 aliphatic carbocycles. The Morgan fingerprint density at radius 3 is 1.57 bits per heavy atom. The number of aliphatic hydroxyl groups excluding tert-OH is 1. The summed E-state index contributed by atoms with van der Waals surface area (Å²) in [5.41, 5.74) is 0. The van der Waals surface area contributed by atoms with Crippen LogP contribution in [0.1, 0.15) is 0 Å². The van der Waals surface area contributed by atoms with E-state index in [9.17, 15) is 31.1 Å². The van der Waals surface area contributed by atoms with Crippen molar-refractivity contribution in [3.63, 3.8) is 0 Å². The van der Waals surface area contributed by atoms with E-state index in [4.69, 9.17) is 5.11 Å². The Balaban J connectivity index is 0. The third kappa shape index (κ3) is 5.30. The van der Waals surface area contributed by atoms with Gasteiger partial charge in [-0.05, 0) is 0 Å². The maximum Gasteiger partial charge on any atom is 0.454 e. The van der Waals surface area contributed by atoms with Gasteiger partial charge in [0.25, 0.3) is 5.78 Å². The zero-order chi connectivity index (χ0) is 10.9. The van der Waals surface area contributed by atoms with Crippen LogP contribution in [0.2, 0.25) is 0 Å². The molecular weight excluding hydrogens is 299 g/mol. The number of ketones is 1. The molecule has 0 bridgehead atoms. The van der Waals surface area contributed by atoms with Gasteiger partial charge in [0.2, 0.25) is 5.76 Å². The first-order valence-electron chi connectivity index (χ1n) is 2.64. The van der Waals surface area contributed by atoms with Crippen LogP contribution >= 0.6 is 0 Å². The zero-order valence-corrected chi connectivity index (χ0v) is 8.35. The van der Waals surface area contributed by atoms with Gasteiger partial charge in [-0.1, -0.05) is 0 Å². The van der Waals surface area contributed by atoms with Gasteiger partial charge in [0.05, 0.1) is 0 Å². The van der Waals surface area contributed by atoms with E-state index in [1.165, 1.54) is 0 Å². The average molecular weight is 301 g/mol. The molecule has 0 aromatic carbocycles. The van der Waals surface area contributed by atoms with E-state index in [1.54, 1.807) is 0 Å². The minimum absolute atomic E-state index is 0. The van der Waals surface area contributed by atoms with Crippen LogP contribution in [0.15, 0.2) is 11.8 Å². The quantitative estimate of drug-likeness (QED) is 0.349. The maximum atomic E-state index is 11.4. The summed E-state index contributed by atoms with van der Waals surface area (Å²) in [6, 6.07) is 0. The number of alkyl halides is 6. The van der Waals surface area contributed by atoms with E-state index in [0.29, 0.717) is 0 Å². The van der Waals surface area contributed by atoms with Gasteiger partial charge in [0.1, 0.15) is 0 Å². The van der Waals surface area contributed by atoms with E-state index >= 15 is 0 Å². The van der Waals surface area contributed by atoms with Crippen molar-refractivity contribution in [2.45, 2.75) is 12.4 Å². The van der Waals surface area contributed by atoms with Crippen LogP contribution in [0.4, 0.5) is 26.3 Å². The molecule has 0 heterocycles. The second-order valence-corrected chi connectivity index (χ2v) is 1.89. The number of carbonyl (C=O) groups is 1. The molecule has 0 aliphatic rings. The topological polar surface area (TPSA) is 37.3 Å². The van der Waals surface area contributed by atoms with Crippen molar-refractivity contribution in [3.05, 3.63) is 11.8 Å². The Morgan fingerprint density at radius 1 is 1.00 bits per heavy atom. The van der Waals surface area contributed by atoms with Crippen LogP contribution in [0, 0.1) is 0 Å². The van der Waals surface area contributed by atoms with Crippen molar-refractivity contribution in [2.24, 2.45) is 0 Å². The van der Waals surface area contributed by atoms with Crippen LogP contribution in [-0.2, 0) is 27.2 Å². The fourth-order valence-corrected chi connectivity index (χ4v) is 0.288. The van der Waals surface area contributed by atoms with Crippen molar-refractivity contribution < 1.29 is 58.6 Å². The molecule has 0 saturated heterocycles. The molecular formula is C5H2F6NbO2. The monoisotopic (exact) mass is 301 g/mol. The number of rotatable bonds is 1. The van der Waals surface area contributed by atoms with Gasteiger partial charge in [0.15, 0.2) is 0 Å². The van der Waals surface area contributed by atoms with Crippen molar-refractivity contribution in [2.75, 3.05) is 0 Å². The fraction of sp³-hybridized carbons (Fsp3) is 0.400. The minimum Gasteiger partial charge on any atom is -0.504 e. The molecule has 0 saturated carbocycles. The molecule has 9 heteroatoms. The summed E-state index contributed by atoms with van der Waals surface area (Å²) >= 11 is 0. The number of allylic oxidation sites excluding steroid dienone is 2. The Morgan fingerprint density at radius 2 is 1.36 bits per heavy atom. The molecule has 0 aromatic heterocycles. The first kappa shape index (κ1) is 16.0. The van der Waals surface area contributed by atoms with Crippen LogP contribution in [0.3, 0.4) is 0 Å². The summed E-state index contributed by atoms with van der Waals surface area (Å²) < 4.78 is 68.1. The Kier molecular flexibility index (Phi) is 5.54. The number of aliphatic hydroxyl groups is 1. The summed E-state index contributed by atoms with van der Waals surface area (Å²) in [6.45, 7) is 0. The molecule has 0 atom stereocenters. The fourth-order valence-electron chi connectivity index (χ4n) is 0.288. The van der Waals surface area contributed by atoms with Gasteiger partial charge in [-0.3, -0.25) is 4.79 Å². The first-order valence-corrected chi connectivity index (χ1v) is 2.64. The molecule has 2 nitrogen and oxygen atoms in total. The Bertz CT molecular complexity index is 240. The van der Waals surface area contributed by atoms with E-state index in [0.717, 1.165) is 0 Å². The largest absolute Gasteiger partial charge is 0.504 e. The normalized spacial score (nSPS) is 13.4. The molecule has 1 N–H and O–H groups in total. The number of halogens is 6. The standard InChI is InChI=1S/C5H2F6O2.Nb/c6-4(7,8)2(12)1-3(13)5(9,10)11;/h1,12H;/b2-1-;. The molecule has 0 aromatic rings. The summed E-state index contributed by atoms with van der Waals surface area (Å²) in [5.74, 6) is -5.34. The summed E-state index contributed by atoms with van der Waals surface area (Å²) in [4.78, 5) is 9.86. The van der Waals surface area contributed by atoms with Crippen molar-refractivity contribution in [3.8, 4) is 0 Å².